The third-order valence-electron chi connectivity index (χ3n) is 9.95. The van der Waals surface area contributed by atoms with Gasteiger partial charge >= 0.3 is 0 Å². The summed E-state index contributed by atoms with van der Waals surface area (Å²) in [6.45, 7) is 7.55. The Morgan fingerprint density at radius 3 is 2.67 bits per heavy atom. The van der Waals surface area contributed by atoms with Crippen LogP contribution in [0.15, 0.2) is 30.5 Å². The highest BCUT2D eigenvalue weighted by Crippen LogP contribution is 2.42. The predicted octanol–water partition coefficient (Wildman–Crippen LogP) is 2.78. The highest BCUT2D eigenvalue weighted by molar-refractivity contribution is 8.00. The van der Waals surface area contributed by atoms with Crippen LogP contribution in [0.3, 0.4) is 0 Å². The average molecular weight is 696 g/mol. The number of ether oxygens (including phenoxy) is 2. The molecule has 264 valence electrons. The lowest BCUT2D eigenvalue weighted by molar-refractivity contribution is -0.207. The number of thioether (sulfide) groups is 1. The number of halogens is 3. The second-order valence-electron chi connectivity index (χ2n) is 13.9. The molecule has 5 heterocycles. The van der Waals surface area contributed by atoms with Gasteiger partial charge in [0.2, 0.25) is 5.91 Å². The minimum absolute atomic E-state index is 0.205. The van der Waals surface area contributed by atoms with Crippen LogP contribution in [0.1, 0.15) is 57.4 Å². The number of fused-ring (bicyclic) bond motifs is 3. The number of aliphatic hydroxyl groups excluding tert-OH is 3. The number of rotatable bonds is 6. The third-order valence-corrected chi connectivity index (χ3v) is 11.4. The van der Waals surface area contributed by atoms with E-state index in [-0.39, 0.29) is 29.5 Å². The topological polar surface area (TPSA) is 151 Å². The monoisotopic (exact) mass is 695 g/mol. The maximum absolute atomic E-state index is 14.5. The molecule has 1 amide bonds. The van der Waals surface area contributed by atoms with Crippen molar-refractivity contribution in [2.24, 2.45) is 23.7 Å². The van der Waals surface area contributed by atoms with Gasteiger partial charge in [0.05, 0.1) is 29.3 Å². The molecule has 0 aliphatic carbocycles. The largest absolute Gasteiger partial charge is 0.388 e. The molecule has 0 radical (unpaired) electrons. The van der Waals surface area contributed by atoms with E-state index in [9.17, 15) is 33.3 Å². The molecule has 4 aliphatic heterocycles. The van der Waals surface area contributed by atoms with Crippen molar-refractivity contribution in [3.8, 4) is 5.69 Å². The van der Waals surface area contributed by atoms with Gasteiger partial charge in [0.25, 0.3) is 0 Å². The quantitative estimate of drug-likeness (QED) is 0.226. The lowest BCUT2D eigenvalue weighted by Gasteiger charge is -2.45. The maximum Gasteiger partial charge on any atom is 0.240 e. The second-order valence-corrected chi connectivity index (χ2v) is 15.2. The van der Waals surface area contributed by atoms with E-state index < -0.39 is 64.6 Å². The van der Waals surface area contributed by atoms with Gasteiger partial charge in [-0.2, -0.15) is 0 Å². The van der Waals surface area contributed by atoms with E-state index in [1.807, 2.05) is 19.1 Å². The van der Waals surface area contributed by atoms with Crippen molar-refractivity contribution >= 4 is 17.7 Å². The van der Waals surface area contributed by atoms with Crippen LogP contribution in [-0.2, 0) is 14.3 Å². The number of aromatic nitrogens is 3. The number of allylic oxidation sites excluding steroid dienone is 1. The van der Waals surface area contributed by atoms with E-state index >= 15 is 0 Å². The number of nitrogens with zero attached hydrogens (tertiary/aromatic N) is 3. The first kappa shape index (κ1) is 35.3. The third kappa shape index (κ3) is 7.32. The molecule has 3 fully saturated rings. The van der Waals surface area contributed by atoms with Crippen LogP contribution in [0, 0.1) is 41.1 Å². The number of carbonyl (C=O) groups is 1. The van der Waals surface area contributed by atoms with E-state index in [2.05, 4.69) is 34.8 Å². The fourth-order valence-electron chi connectivity index (χ4n) is 7.50. The molecule has 3 saturated heterocycles. The Labute approximate surface area is 281 Å². The zero-order valence-electron chi connectivity index (χ0n) is 27.1. The van der Waals surface area contributed by atoms with Crippen molar-refractivity contribution in [1.29, 1.82) is 0 Å². The van der Waals surface area contributed by atoms with Crippen molar-refractivity contribution < 1.29 is 42.8 Å². The van der Waals surface area contributed by atoms with Crippen LogP contribution < -0.4 is 10.6 Å². The Morgan fingerprint density at radius 1 is 1.12 bits per heavy atom. The van der Waals surface area contributed by atoms with Gasteiger partial charge in [0.1, 0.15) is 41.6 Å². The Morgan fingerprint density at radius 2 is 1.90 bits per heavy atom. The van der Waals surface area contributed by atoms with Crippen LogP contribution in [0.25, 0.3) is 5.69 Å². The summed E-state index contributed by atoms with van der Waals surface area (Å²) < 4.78 is 55.3. The van der Waals surface area contributed by atoms with Gasteiger partial charge in [-0.3, -0.25) is 4.79 Å². The standard InChI is InChI=1S/C33H44F3N5O6S/c1-15(2)9-17-7-8-46-30-18(10-17)13-37-26(30)32(45)38-25-16(3)5-4-6-24(48-33-29(44)27(42)28(43)31(25)47-33)22-14-41(40-39-22)23-12-20(35)19(34)11-21(23)36/h4-5,11-12,14-18,24-31,33,37,42-44H,6-10,13H2,1-3H3,(H,38,45)/b5-4-/t16-,17+,18+,24+,25-,26+,27+,28-,29-,30-,31-,33-/m1/s1. The molecule has 1 aromatic carbocycles. The van der Waals surface area contributed by atoms with Crippen molar-refractivity contribution in [2.75, 3.05) is 13.2 Å². The lowest BCUT2D eigenvalue weighted by Crippen LogP contribution is -2.65. The van der Waals surface area contributed by atoms with Crippen LogP contribution in [0.4, 0.5) is 13.2 Å². The average Bonchev–Trinajstić information content (AvgIpc) is 3.63. The van der Waals surface area contributed by atoms with Gasteiger partial charge in [-0.05, 0) is 49.4 Å². The normalized spacial score (nSPS) is 37.9. The fraction of sp³-hybridized carbons (Fsp3) is 0.667. The van der Waals surface area contributed by atoms with Gasteiger partial charge in [-0.1, -0.05) is 38.1 Å². The Kier molecular flexibility index (Phi) is 10.9. The summed E-state index contributed by atoms with van der Waals surface area (Å²) in [6.07, 6.45) is 2.57. The zero-order chi connectivity index (χ0) is 34.3. The first-order chi connectivity index (χ1) is 22.9. The number of benzene rings is 1. The number of amides is 1. The minimum atomic E-state index is -1.58. The van der Waals surface area contributed by atoms with E-state index in [0.29, 0.717) is 49.2 Å². The van der Waals surface area contributed by atoms with E-state index in [1.165, 1.54) is 6.20 Å². The van der Waals surface area contributed by atoms with Gasteiger partial charge in [-0.25, -0.2) is 17.9 Å². The lowest BCUT2D eigenvalue weighted by atomic mass is 9.85. The molecule has 2 aromatic rings. The minimum Gasteiger partial charge on any atom is -0.388 e. The van der Waals surface area contributed by atoms with Crippen molar-refractivity contribution in [3.05, 3.63) is 53.6 Å². The molecule has 12 atom stereocenters. The Hall–Kier alpha value is -2.53. The molecular weight excluding hydrogens is 651 g/mol. The second kappa shape index (κ2) is 14.8. The molecule has 2 bridgehead atoms. The summed E-state index contributed by atoms with van der Waals surface area (Å²) in [5.41, 5.74) is -1.06. The van der Waals surface area contributed by atoms with E-state index in [4.69, 9.17) is 9.47 Å². The van der Waals surface area contributed by atoms with Crippen molar-refractivity contribution in [3.63, 3.8) is 0 Å². The van der Waals surface area contributed by atoms with Crippen LogP contribution in [-0.4, -0.2) is 97.4 Å². The molecule has 0 unspecified atom stereocenters. The SMILES string of the molecule is CC(C)C[C@@H]1CCO[C@@H]2[C@H](CN[C@@H]2C(=O)N[C@H]2[C@H]3O[C@H](S[C@H](c4cn(-c5cc(F)c(F)cc5F)nn4)C/C=C\[C@H]2C)[C@H](O)[C@@H](O)[C@H]3O)C1. The molecular formula is C33H44F3N5O6S. The summed E-state index contributed by atoms with van der Waals surface area (Å²) >= 11 is 1.11. The smallest absolute Gasteiger partial charge is 0.240 e. The number of hydrogen-bond acceptors (Lipinski definition) is 10. The molecule has 0 spiro atoms. The Balaban J connectivity index is 1.21. The molecule has 0 saturated carbocycles. The van der Waals surface area contributed by atoms with E-state index in [0.717, 1.165) is 35.7 Å². The number of aliphatic hydroxyl groups is 3. The highest BCUT2D eigenvalue weighted by Gasteiger charge is 2.50. The Bertz CT molecular complexity index is 1480. The zero-order valence-corrected chi connectivity index (χ0v) is 27.9. The first-order valence-corrected chi connectivity index (χ1v) is 17.6. The summed E-state index contributed by atoms with van der Waals surface area (Å²) in [5, 5.41) is 47.0. The van der Waals surface area contributed by atoms with Gasteiger partial charge in [0, 0.05) is 25.3 Å². The molecule has 15 heteroatoms. The number of nitrogens with one attached hydrogen (secondary N) is 2. The van der Waals surface area contributed by atoms with Crippen LogP contribution in [0.2, 0.25) is 0 Å². The van der Waals surface area contributed by atoms with Crippen LogP contribution in [0.5, 0.6) is 0 Å². The molecule has 4 aliphatic rings. The van der Waals surface area contributed by atoms with Crippen LogP contribution >= 0.6 is 11.8 Å². The molecule has 5 N–H and O–H groups in total. The molecule has 1 aromatic heterocycles. The number of hydrogen-bond donors (Lipinski definition) is 5. The maximum atomic E-state index is 14.5. The van der Waals surface area contributed by atoms with Gasteiger partial charge in [-0.15, -0.1) is 16.9 Å². The van der Waals surface area contributed by atoms with Crippen molar-refractivity contribution in [1.82, 2.24) is 25.6 Å². The van der Waals surface area contributed by atoms with Gasteiger partial charge in [0.15, 0.2) is 17.5 Å². The summed E-state index contributed by atoms with van der Waals surface area (Å²) in [7, 11) is 0. The summed E-state index contributed by atoms with van der Waals surface area (Å²) in [5.74, 6) is -2.93. The van der Waals surface area contributed by atoms with E-state index in [1.54, 1.807) is 0 Å². The predicted molar refractivity (Wildman–Crippen MR) is 170 cm³/mol. The first-order valence-electron chi connectivity index (χ1n) is 16.7. The van der Waals surface area contributed by atoms with Crippen molar-refractivity contribution in [2.45, 2.75) is 99.7 Å². The molecule has 6 rings (SSSR count). The number of carbonyl (C=O) groups excluding carboxylic acids is 1. The summed E-state index contributed by atoms with van der Waals surface area (Å²) in [4.78, 5) is 13.9. The molecule has 11 nitrogen and oxygen atoms in total. The summed E-state index contributed by atoms with van der Waals surface area (Å²) in [6, 6.07) is -0.241. The fourth-order valence-corrected chi connectivity index (χ4v) is 8.80. The van der Waals surface area contributed by atoms with Gasteiger partial charge < -0.3 is 35.4 Å². The molecule has 48 heavy (non-hydrogen) atoms. The highest BCUT2D eigenvalue weighted by atomic mass is 32.2.